The summed E-state index contributed by atoms with van der Waals surface area (Å²) in [5.74, 6) is 0.599. The molecular weight excluding hydrogens is 368 g/mol. The standard InChI is InChI=1S/C19H24N2O5S/c1-5-21(6-2)27(23,24)16-9-7-8-14(12-16)19(22)20-17-11-10-15(25-3)13-18(17)26-4/h7-13H,5-6H2,1-4H3,(H,20,22). The van der Waals surface area contributed by atoms with Gasteiger partial charge in [0.2, 0.25) is 10.0 Å². The van der Waals surface area contributed by atoms with Crippen molar-refractivity contribution in [2.75, 3.05) is 32.6 Å². The largest absolute Gasteiger partial charge is 0.497 e. The summed E-state index contributed by atoms with van der Waals surface area (Å²) in [6.07, 6.45) is 0. The number of sulfonamides is 1. The smallest absolute Gasteiger partial charge is 0.255 e. The molecule has 1 N–H and O–H groups in total. The van der Waals surface area contributed by atoms with Crippen LogP contribution in [0.1, 0.15) is 24.2 Å². The first-order chi connectivity index (χ1) is 12.9. The van der Waals surface area contributed by atoms with Crippen molar-refractivity contribution in [1.82, 2.24) is 4.31 Å². The molecule has 0 atom stereocenters. The number of rotatable bonds is 8. The average Bonchev–Trinajstić information content (AvgIpc) is 2.69. The Balaban J connectivity index is 2.31. The second-order valence-electron chi connectivity index (χ2n) is 5.64. The number of anilines is 1. The molecule has 7 nitrogen and oxygen atoms in total. The van der Waals surface area contributed by atoms with Gasteiger partial charge in [-0.25, -0.2) is 8.42 Å². The maximum absolute atomic E-state index is 12.7. The second kappa shape index (κ2) is 8.88. The lowest BCUT2D eigenvalue weighted by Gasteiger charge is -2.18. The third-order valence-corrected chi connectivity index (χ3v) is 6.14. The van der Waals surface area contributed by atoms with E-state index in [0.717, 1.165) is 0 Å². The van der Waals surface area contributed by atoms with E-state index >= 15 is 0 Å². The zero-order valence-corrected chi connectivity index (χ0v) is 16.7. The van der Waals surface area contributed by atoms with Gasteiger partial charge in [0, 0.05) is 24.7 Å². The van der Waals surface area contributed by atoms with Gasteiger partial charge in [-0.3, -0.25) is 4.79 Å². The van der Waals surface area contributed by atoms with Crippen LogP contribution in [0, 0.1) is 0 Å². The van der Waals surface area contributed by atoms with Gasteiger partial charge >= 0.3 is 0 Å². The molecule has 2 aromatic carbocycles. The fourth-order valence-electron chi connectivity index (χ4n) is 2.61. The van der Waals surface area contributed by atoms with Crippen molar-refractivity contribution in [1.29, 1.82) is 0 Å². The number of hydrogen-bond donors (Lipinski definition) is 1. The highest BCUT2D eigenvalue weighted by atomic mass is 32.2. The van der Waals surface area contributed by atoms with Crippen LogP contribution in [-0.2, 0) is 10.0 Å². The van der Waals surface area contributed by atoms with Crippen LogP contribution >= 0.6 is 0 Å². The molecule has 0 saturated carbocycles. The molecule has 0 bridgehead atoms. The molecule has 0 aliphatic heterocycles. The molecule has 0 aromatic heterocycles. The van der Waals surface area contributed by atoms with Crippen molar-refractivity contribution in [2.45, 2.75) is 18.7 Å². The third-order valence-electron chi connectivity index (χ3n) is 4.10. The normalized spacial score (nSPS) is 11.3. The van der Waals surface area contributed by atoms with E-state index in [9.17, 15) is 13.2 Å². The summed E-state index contributed by atoms with van der Waals surface area (Å²) in [4.78, 5) is 12.7. The van der Waals surface area contributed by atoms with Crippen LogP contribution in [0.25, 0.3) is 0 Å². The van der Waals surface area contributed by atoms with Crippen LogP contribution in [0.5, 0.6) is 11.5 Å². The van der Waals surface area contributed by atoms with Crippen molar-refractivity contribution in [3.05, 3.63) is 48.0 Å². The molecule has 0 saturated heterocycles. The molecule has 1 amide bonds. The van der Waals surface area contributed by atoms with Crippen LogP contribution in [0.4, 0.5) is 5.69 Å². The van der Waals surface area contributed by atoms with Gasteiger partial charge in [0.1, 0.15) is 11.5 Å². The van der Waals surface area contributed by atoms with Gasteiger partial charge in [-0.1, -0.05) is 19.9 Å². The highest BCUT2D eigenvalue weighted by molar-refractivity contribution is 7.89. The molecule has 27 heavy (non-hydrogen) atoms. The van der Waals surface area contributed by atoms with Crippen molar-refractivity contribution < 1.29 is 22.7 Å². The predicted molar refractivity (Wildman–Crippen MR) is 104 cm³/mol. The van der Waals surface area contributed by atoms with Crippen LogP contribution in [-0.4, -0.2) is 45.9 Å². The van der Waals surface area contributed by atoms with Crippen molar-refractivity contribution in [2.24, 2.45) is 0 Å². The molecule has 0 heterocycles. The Bertz CT molecular complexity index is 908. The van der Waals surface area contributed by atoms with Gasteiger partial charge in [0.25, 0.3) is 5.91 Å². The number of nitrogens with zero attached hydrogens (tertiary/aromatic N) is 1. The van der Waals surface area contributed by atoms with Crippen molar-refractivity contribution >= 4 is 21.6 Å². The lowest BCUT2D eigenvalue weighted by molar-refractivity contribution is 0.102. The molecule has 0 aliphatic rings. The minimum Gasteiger partial charge on any atom is -0.497 e. The average molecular weight is 392 g/mol. The van der Waals surface area contributed by atoms with Gasteiger partial charge in [-0.05, 0) is 30.3 Å². The predicted octanol–water partition coefficient (Wildman–Crippen LogP) is 2.99. The highest BCUT2D eigenvalue weighted by Crippen LogP contribution is 2.29. The van der Waals surface area contributed by atoms with Gasteiger partial charge in [0.05, 0.1) is 24.8 Å². The summed E-state index contributed by atoms with van der Waals surface area (Å²) in [7, 11) is -0.615. The summed E-state index contributed by atoms with van der Waals surface area (Å²) < 4.78 is 37.1. The lowest BCUT2D eigenvalue weighted by atomic mass is 10.2. The van der Waals surface area contributed by atoms with Crippen LogP contribution in [0.2, 0.25) is 0 Å². The lowest BCUT2D eigenvalue weighted by Crippen LogP contribution is -2.30. The first kappa shape index (κ1) is 20.7. The first-order valence-corrected chi connectivity index (χ1v) is 9.95. The summed E-state index contributed by atoms with van der Waals surface area (Å²) in [6.45, 7) is 4.26. The number of methoxy groups -OCH3 is 2. The van der Waals surface area contributed by atoms with Crippen LogP contribution < -0.4 is 14.8 Å². The van der Waals surface area contributed by atoms with E-state index in [4.69, 9.17) is 9.47 Å². The number of benzene rings is 2. The van der Waals surface area contributed by atoms with Crippen molar-refractivity contribution in [3.8, 4) is 11.5 Å². The van der Waals surface area contributed by atoms with E-state index in [1.54, 1.807) is 44.2 Å². The number of amides is 1. The zero-order chi connectivity index (χ0) is 20.0. The van der Waals surface area contributed by atoms with E-state index in [-0.39, 0.29) is 10.5 Å². The molecular formula is C19H24N2O5S. The van der Waals surface area contributed by atoms with Gasteiger partial charge in [-0.2, -0.15) is 4.31 Å². The molecule has 0 unspecified atom stereocenters. The Morgan fingerprint density at radius 3 is 2.33 bits per heavy atom. The Kier molecular flexibility index (Phi) is 6.81. The van der Waals surface area contributed by atoms with Crippen LogP contribution in [0.15, 0.2) is 47.4 Å². The Hall–Kier alpha value is -2.58. The SMILES string of the molecule is CCN(CC)S(=O)(=O)c1cccc(C(=O)Nc2ccc(OC)cc2OC)c1. The fraction of sp³-hybridized carbons (Fsp3) is 0.316. The Labute approximate surface area is 160 Å². The Morgan fingerprint density at radius 1 is 1.04 bits per heavy atom. The molecule has 0 aliphatic carbocycles. The minimum absolute atomic E-state index is 0.0838. The maximum atomic E-state index is 12.7. The zero-order valence-electron chi connectivity index (χ0n) is 15.9. The van der Waals surface area contributed by atoms with E-state index in [2.05, 4.69) is 5.32 Å². The first-order valence-electron chi connectivity index (χ1n) is 8.50. The minimum atomic E-state index is -3.64. The molecule has 2 rings (SSSR count). The summed E-state index contributed by atoms with van der Waals surface area (Å²) in [5.41, 5.74) is 0.696. The van der Waals surface area contributed by atoms with Crippen LogP contribution in [0.3, 0.4) is 0 Å². The van der Waals surface area contributed by atoms with Gasteiger partial charge in [0.15, 0.2) is 0 Å². The quantitative estimate of drug-likeness (QED) is 0.746. The highest BCUT2D eigenvalue weighted by Gasteiger charge is 2.22. The summed E-state index contributed by atoms with van der Waals surface area (Å²) >= 11 is 0. The van der Waals surface area contributed by atoms with Crippen molar-refractivity contribution in [3.63, 3.8) is 0 Å². The molecule has 0 radical (unpaired) electrons. The van der Waals surface area contributed by atoms with E-state index in [1.165, 1.54) is 30.7 Å². The van der Waals surface area contributed by atoms with E-state index in [1.807, 2.05) is 0 Å². The number of nitrogens with one attached hydrogen (secondary N) is 1. The monoisotopic (exact) mass is 392 g/mol. The number of carbonyl (C=O) groups excluding carboxylic acids is 1. The maximum Gasteiger partial charge on any atom is 0.255 e. The summed E-state index contributed by atoms with van der Waals surface area (Å²) in [6, 6.07) is 11.0. The molecule has 2 aromatic rings. The topological polar surface area (TPSA) is 84.9 Å². The summed E-state index contributed by atoms with van der Waals surface area (Å²) in [5, 5.41) is 2.74. The molecule has 8 heteroatoms. The number of carbonyl (C=O) groups is 1. The van der Waals surface area contributed by atoms with E-state index < -0.39 is 15.9 Å². The molecule has 0 fully saturated rings. The molecule has 0 spiro atoms. The van der Waals surface area contributed by atoms with Gasteiger partial charge < -0.3 is 14.8 Å². The van der Waals surface area contributed by atoms with E-state index in [0.29, 0.717) is 30.3 Å². The number of ether oxygens (including phenoxy) is 2. The number of hydrogen-bond acceptors (Lipinski definition) is 5. The fourth-order valence-corrected chi connectivity index (χ4v) is 4.11. The Morgan fingerprint density at radius 2 is 1.74 bits per heavy atom. The van der Waals surface area contributed by atoms with Gasteiger partial charge in [-0.15, -0.1) is 0 Å². The second-order valence-corrected chi connectivity index (χ2v) is 7.58. The molecule has 146 valence electrons. The third kappa shape index (κ3) is 4.58.